The Morgan fingerprint density at radius 1 is 0.842 bits per heavy atom. The molecule has 0 saturated heterocycles. The van der Waals surface area contributed by atoms with Gasteiger partial charge in [-0.25, -0.2) is 0 Å². The van der Waals surface area contributed by atoms with Crippen LogP contribution in [-0.4, -0.2) is 5.11 Å². The number of phenolic OH excluding ortho intramolecular Hbond substituents is 1. The van der Waals surface area contributed by atoms with Crippen molar-refractivity contribution < 1.29 is 9.84 Å². The minimum absolute atomic E-state index is 0.243. The summed E-state index contributed by atoms with van der Waals surface area (Å²) in [6.45, 7) is 6.69. The molecule has 100 valence electrons. The van der Waals surface area contributed by atoms with Gasteiger partial charge in [0.15, 0.2) is 0 Å². The number of ether oxygens (including phenoxy) is 1. The van der Waals surface area contributed by atoms with E-state index in [0.717, 1.165) is 17.9 Å². The maximum Gasteiger partial charge on any atom is 0.127 e. The summed E-state index contributed by atoms with van der Waals surface area (Å²) in [7, 11) is 0. The van der Waals surface area contributed by atoms with Crippen molar-refractivity contribution in [1.29, 1.82) is 0 Å². The summed E-state index contributed by atoms with van der Waals surface area (Å²) in [5.41, 5.74) is 1.60. The number of rotatable bonds is 3. The lowest BCUT2D eigenvalue weighted by molar-refractivity contribution is 0.410. The van der Waals surface area contributed by atoms with Crippen LogP contribution < -0.4 is 4.74 Å². The second kappa shape index (κ2) is 5.35. The molecule has 19 heavy (non-hydrogen) atoms. The summed E-state index contributed by atoms with van der Waals surface area (Å²) in [5, 5.41) is 9.21. The van der Waals surface area contributed by atoms with E-state index in [4.69, 9.17) is 4.74 Å². The minimum atomic E-state index is 0.243. The summed E-state index contributed by atoms with van der Waals surface area (Å²) >= 11 is 0. The SMILES string of the molecule is CC(C)(C)Cc1ccc(Oc2ccc(O)cc2)cc1. The van der Waals surface area contributed by atoms with Gasteiger partial charge in [0.1, 0.15) is 17.2 Å². The molecule has 2 aromatic rings. The zero-order valence-electron chi connectivity index (χ0n) is 11.7. The van der Waals surface area contributed by atoms with E-state index in [-0.39, 0.29) is 5.75 Å². The van der Waals surface area contributed by atoms with Gasteiger partial charge in [-0.05, 0) is 53.8 Å². The summed E-state index contributed by atoms with van der Waals surface area (Å²) in [6.07, 6.45) is 1.05. The average Bonchev–Trinajstić information content (AvgIpc) is 2.33. The first-order chi connectivity index (χ1) is 8.92. The molecule has 2 nitrogen and oxygen atoms in total. The molecule has 0 aromatic heterocycles. The fraction of sp³-hybridized carbons (Fsp3) is 0.294. The molecule has 2 heteroatoms. The monoisotopic (exact) mass is 256 g/mol. The zero-order chi connectivity index (χ0) is 13.9. The molecular formula is C17H20O2. The molecule has 0 aliphatic rings. The topological polar surface area (TPSA) is 29.5 Å². The highest BCUT2D eigenvalue weighted by atomic mass is 16.5. The number of phenols is 1. The Balaban J connectivity index is 2.04. The smallest absolute Gasteiger partial charge is 0.127 e. The van der Waals surface area contributed by atoms with Gasteiger partial charge in [0.25, 0.3) is 0 Å². The van der Waals surface area contributed by atoms with Gasteiger partial charge < -0.3 is 9.84 Å². The van der Waals surface area contributed by atoms with Crippen LogP contribution in [0.1, 0.15) is 26.3 Å². The molecule has 2 aromatic carbocycles. The van der Waals surface area contributed by atoms with E-state index in [9.17, 15) is 5.11 Å². The Kier molecular flexibility index (Phi) is 3.79. The van der Waals surface area contributed by atoms with Crippen molar-refractivity contribution in [3.05, 3.63) is 54.1 Å². The van der Waals surface area contributed by atoms with E-state index in [1.54, 1.807) is 24.3 Å². The van der Waals surface area contributed by atoms with Crippen LogP contribution >= 0.6 is 0 Å². The van der Waals surface area contributed by atoms with Gasteiger partial charge in [-0.15, -0.1) is 0 Å². The van der Waals surface area contributed by atoms with Crippen molar-refractivity contribution in [2.45, 2.75) is 27.2 Å². The average molecular weight is 256 g/mol. The summed E-state index contributed by atoms with van der Waals surface area (Å²) in [5.74, 6) is 1.78. The third-order valence-electron chi connectivity index (χ3n) is 2.73. The first-order valence-corrected chi connectivity index (χ1v) is 6.48. The van der Waals surface area contributed by atoms with Crippen LogP contribution in [-0.2, 0) is 6.42 Å². The van der Waals surface area contributed by atoms with Gasteiger partial charge in [-0.3, -0.25) is 0 Å². The van der Waals surface area contributed by atoms with Gasteiger partial charge in [-0.1, -0.05) is 32.9 Å². The van der Waals surface area contributed by atoms with Gasteiger partial charge in [0.05, 0.1) is 0 Å². The van der Waals surface area contributed by atoms with Crippen LogP contribution in [0.15, 0.2) is 48.5 Å². The van der Waals surface area contributed by atoms with Crippen molar-refractivity contribution >= 4 is 0 Å². The summed E-state index contributed by atoms with van der Waals surface area (Å²) in [6, 6.07) is 14.9. The van der Waals surface area contributed by atoms with Crippen LogP contribution in [0, 0.1) is 5.41 Å². The molecule has 0 bridgehead atoms. The van der Waals surface area contributed by atoms with Crippen LogP contribution in [0.2, 0.25) is 0 Å². The maximum atomic E-state index is 9.21. The third kappa shape index (κ3) is 4.32. The van der Waals surface area contributed by atoms with E-state index in [2.05, 4.69) is 32.9 Å². The molecule has 2 rings (SSSR count). The summed E-state index contributed by atoms with van der Waals surface area (Å²) < 4.78 is 5.71. The molecule has 0 spiro atoms. The number of hydrogen-bond donors (Lipinski definition) is 1. The normalized spacial score (nSPS) is 11.3. The van der Waals surface area contributed by atoms with Crippen molar-refractivity contribution in [3.63, 3.8) is 0 Å². The van der Waals surface area contributed by atoms with Crippen molar-refractivity contribution in [1.82, 2.24) is 0 Å². The van der Waals surface area contributed by atoms with Crippen molar-refractivity contribution in [2.24, 2.45) is 5.41 Å². The Labute approximate surface area is 114 Å². The van der Waals surface area contributed by atoms with Crippen LogP contribution in [0.5, 0.6) is 17.2 Å². The third-order valence-corrected chi connectivity index (χ3v) is 2.73. The standard InChI is InChI=1S/C17H20O2/c1-17(2,3)12-13-4-8-15(9-5-13)19-16-10-6-14(18)7-11-16/h4-11,18H,12H2,1-3H3. The highest BCUT2D eigenvalue weighted by Gasteiger charge is 2.11. The Bertz CT molecular complexity index is 519. The van der Waals surface area contributed by atoms with Gasteiger partial charge in [-0.2, -0.15) is 0 Å². The van der Waals surface area contributed by atoms with Crippen LogP contribution in [0.4, 0.5) is 0 Å². The van der Waals surface area contributed by atoms with Crippen LogP contribution in [0.25, 0.3) is 0 Å². The fourth-order valence-electron chi connectivity index (χ4n) is 1.94. The quantitative estimate of drug-likeness (QED) is 0.856. The number of aromatic hydroxyl groups is 1. The molecule has 0 amide bonds. The highest BCUT2D eigenvalue weighted by Crippen LogP contribution is 2.26. The predicted molar refractivity (Wildman–Crippen MR) is 77.8 cm³/mol. The molecule has 0 saturated carbocycles. The van der Waals surface area contributed by atoms with Gasteiger partial charge >= 0.3 is 0 Å². The van der Waals surface area contributed by atoms with E-state index in [1.165, 1.54) is 5.56 Å². The summed E-state index contributed by atoms with van der Waals surface area (Å²) in [4.78, 5) is 0. The Hall–Kier alpha value is -1.96. The lowest BCUT2D eigenvalue weighted by Crippen LogP contribution is -2.08. The Morgan fingerprint density at radius 3 is 1.79 bits per heavy atom. The van der Waals surface area contributed by atoms with Gasteiger partial charge in [0.2, 0.25) is 0 Å². The van der Waals surface area contributed by atoms with Crippen molar-refractivity contribution in [2.75, 3.05) is 0 Å². The first-order valence-electron chi connectivity index (χ1n) is 6.48. The fourth-order valence-corrected chi connectivity index (χ4v) is 1.94. The zero-order valence-corrected chi connectivity index (χ0v) is 11.7. The molecule has 0 aliphatic heterocycles. The van der Waals surface area contributed by atoms with E-state index < -0.39 is 0 Å². The molecule has 0 heterocycles. The molecule has 0 aliphatic carbocycles. The van der Waals surface area contributed by atoms with E-state index in [1.807, 2.05) is 12.1 Å². The molecule has 0 radical (unpaired) electrons. The minimum Gasteiger partial charge on any atom is -0.508 e. The van der Waals surface area contributed by atoms with Crippen molar-refractivity contribution in [3.8, 4) is 17.2 Å². The molecule has 1 N–H and O–H groups in total. The molecular weight excluding hydrogens is 236 g/mol. The molecule has 0 unspecified atom stereocenters. The Morgan fingerprint density at radius 2 is 1.32 bits per heavy atom. The van der Waals surface area contributed by atoms with Gasteiger partial charge in [0, 0.05) is 0 Å². The second-order valence-electron chi connectivity index (χ2n) is 5.98. The molecule has 0 fully saturated rings. The predicted octanol–water partition coefficient (Wildman–Crippen LogP) is 4.77. The van der Waals surface area contributed by atoms with Crippen LogP contribution in [0.3, 0.4) is 0 Å². The number of hydrogen-bond acceptors (Lipinski definition) is 2. The maximum absolute atomic E-state index is 9.21. The first kappa shape index (κ1) is 13.5. The molecule has 0 atom stereocenters. The lowest BCUT2D eigenvalue weighted by atomic mass is 9.88. The van der Waals surface area contributed by atoms with E-state index >= 15 is 0 Å². The highest BCUT2D eigenvalue weighted by molar-refractivity contribution is 5.35. The largest absolute Gasteiger partial charge is 0.508 e. The van der Waals surface area contributed by atoms with E-state index in [0.29, 0.717) is 5.41 Å². The number of benzene rings is 2. The lowest BCUT2D eigenvalue weighted by Gasteiger charge is -2.18. The second-order valence-corrected chi connectivity index (χ2v) is 5.98.